The quantitative estimate of drug-likeness (QED) is 0.603. The minimum Gasteiger partial charge on any atom is -0.383 e. The van der Waals surface area contributed by atoms with Crippen LogP contribution in [0.1, 0.15) is 0 Å². The molecule has 3 aliphatic rings. The van der Waals surface area contributed by atoms with Crippen molar-refractivity contribution >= 4 is 5.78 Å². The summed E-state index contributed by atoms with van der Waals surface area (Å²) in [5.74, 6) is -0.183. The largest absolute Gasteiger partial charge is 0.383 e. The normalized spacial score (nSPS) is 29.1. The summed E-state index contributed by atoms with van der Waals surface area (Å²) in [5, 5.41) is 9.45. The predicted molar refractivity (Wildman–Crippen MR) is 52.8 cm³/mol. The van der Waals surface area contributed by atoms with Crippen LogP contribution in [0.5, 0.6) is 0 Å². The molecule has 1 N–H and O–H groups in total. The van der Waals surface area contributed by atoms with E-state index in [0.29, 0.717) is 25.5 Å². The second-order valence-corrected chi connectivity index (χ2v) is 3.89. The zero-order valence-electron chi connectivity index (χ0n) is 8.14. The lowest BCUT2D eigenvalue weighted by molar-refractivity contribution is -0.121. The first kappa shape index (κ1) is 8.88. The van der Waals surface area contributed by atoms with Crippen LogP contribution in [0.4, 0.5) is 0 Å². The molecule has 15 heavy (non-hydrogen) atoms. The number of hydrogen-bond donors (Lipinski definition) is 1. The maximum atomic E-state index is 11.6. The smallest absolute Gasteiger partial charge is 0.209 e. The summed E-state index contributed by atoms with van der Waals surface area (Å²) in [6.07, 6.45) is 4.82. The first-order valence-electron chi connectivity index (χ1n) is 4.95. The molecule has 4 nitrogen and oxygen atoms in total. The van der Waals surface area contributed by atoms with E-state index in [9.17, 15) is 9.90 Å². The molecule has 1 saturated heterocycles. The van der Waals surface area contributed by atoms with Gasteiger partial charge in [-0.2, -0.15) is 0 Å². The minimum atomic E-state index is -0.880. The maximum Gasteiger partial charge on any atom is 0.209 e. The van der Waals surface area contributed by atoms with Gasteiger partial charge in [0.05, 0.1) is 25.5 Å². The molecule has 0 amide bonds. The Balaban J connectivity index is 2.04. The average Bonchev–Trinajstić information content (AvgIpc) is 2.52. The van der Waals surface area contributed by atoms with Crippen LogP contribution in [0, 0.1) is 0 Å². The third-order valence-corrected chi connectivity index (χ3v) is 2.89. The van der Waals surface area contributed by atoms with E-state index in [0.717, 1.165) is 11.1 Å². The Morgan fingerprint density at radius 2 is 2.40 bits per heavy atom. The second-order valence-electron chi connectivity index (χ2n) is 3.89. The molecule has 0 aromatic heterocycles. The van der Waals surface area contributed by atoms with Crippen LogP contribution in [0.25, 0.3) is 0 Å². The number of nitrogens with zero attached hydrogens (tertiary/aromatic N) is 1. The number of rotatable bonds is 0. The number of fused-ring (bicyclic) bond motifs is 2. The Labute approximate surface area is 87.1 Å². The van der Waals surface area contributed by atoms with Gasteiger partial charge in [-0.15, -0.1) is 0 Å². The maximum absolute atomic E-state index is 11.6. The third-order valence-electron chi connectivity index (χ3n) is 2.89. The third kappa shape index (κ3) is 1.26. The van der Waals surface area contributed by atoms with Gasteiger partial charge in [-0.1, -0.05) is 6.08 Å². The highest BCUT2D eigenvalue weighted by atomic mass is 16.5. The molecule has 3 aliphatic heterocycles. The van der Waals surface area contributed by atoms with Crippen LogP contribution in [0.2, 0.25) is 0 Å². The number of ketones is 1. The first-order valence-corrected chi connectivity index (χ1v) is 4.95. The average molecular weight is 205 g/mol. The zero-order chi connectivity index (χ0) is 10.4. The molecule has 1 unspecified atom stereocenters. The number of Topliss-reactive ketones (excluding diaryl/α,β-unsaturated/α-hetero) is 1. The van der Waals surface area contributed by atoms with Crippen molar-refractivity contribution in [3.05, 3.63) is 35.2 Å². The summed E-state index contributed by atoms with van der Waals surface area (Å²) in [5.41, 5.74) is 2.72. The van der Waals surface area contributed by atoms with E-state index in [-0.39, 0.29) is 5.78 Å². The summed E-state index contributed by atoms with van der Waals surface area (Å²) < 4.78 is 5.29. The Kier molecular flexibility index (Phi) is 1.81. The molecule has 0 aromatic carbocycles. The van der Waals surface area contributed by atoms with Gasteiger partial charge in [0.15, 0.2) is 0 Å². The van der Waals surface area contributed by atoms with Crippen LogP contribution in [0.3, 0.4) is 0 Å². The number of hydrogen-bond acceptors (Lipinski definition) is 4. The molecule has 1 fully saturated rings. The fraction of sp³-hybridized carbons (Fsp3) is 0.364. The zero-order valence-corrected chi connectivity index (χ0v) is 8.14. The minimum absolute atomic E-state index is 0.183. The van der Waals surface area contributed by atoms with E-state index >= 15 is 0 Å². The molecule has 3 rings (SSSR count). The molecule has 0 bridgehead atoms. The summed E-state index contributed by atoms with van der Waals surface area (Å²) in [6, 6.07) is 0. The van der Waals surface area contributed by atoms with E-state index in [1.807, 2.05) is 18.4 Å². The van der Waals surface area contributed by atoms with Crippen LogP contribution in [-0.4, -0.2) is 41.7 Å². The van der Waals surface area contributed by atoms with Gasteiger partial charge < -0.3 is 14.7 Å². The molecule has 0 aliphatic carbocycles. The number of carbonyl (C=O) groups excluding carboxylic acids is 1. The lowest BCUT2D eigenvalue weighted by Crippen LogP contribution is -2.21. The summed E-state index contributed by atoms with van der Waals surface area (Å²) in [7, 11) is 0. The van der Waals surface area contributed by atoms with Gasteiger partial charge in [-0.3, -0.25) is 4.79 Å². The van der Waals surface area contributed by atoms with Crippen LogP contribution in [-0.2, 0) is 9.53 Å². The summed E-state index contributed by atoms with van der Waals surface area (Å²) in [4.78, 5) is 13.4. The Morgan fingerprint density at radius 1 is 1.53 bits per heavy atom. The summed E-state index contributed by atoms with van der Waals surface area (Å²) in [6.45, 7) is 1.53. The molecular formula is C11H11NO3. The topological polar surface area (TPSA) is 49.8 Å². The van der Waals surface area contributed by atoms with Crippen LogP contribution >= 0.6 is 0 Å². The highest BCUT2D eigenvalue weighted by Crippen LogP contribution is 2.30. The fourth-order valence-corrected chi connectivity index (χ4v) is 2.09. The predicted octanol–water partition coefficient (Wildman–Crippen LogP) is -0.0300. The molecule has 3 heterocycles. The standard InChI is InChI=1S/C11H11NO3/c13-10-5-12-4-8-6-15-2-1-7(8)3-9(12)11(10)14/h1,3-4,10,13H,2,5-6H2. The monoisotopic (exact) mass is 205 g/mol. The number of ether oxygens (including phenoxy) is 1. The highest BCUT2D eigenvalue weighted by molar-refractivity contribution is 6.01. The van der Waals surface area contributed by atoms with Crippen LogP contribution in [0.15, 0.2) is 35.2 Å². The van der Waals surface area contributed by atoms with Crippen molar-refractivity contribution in [1.29, 1.82) is 0 Å². The lowest BCUT2D eigenvalue weighted by atomic mass is 10.0. The molecular weight excluding hydrogens is 194 g/mol. The summed E-state index contributed by atoms with van der Waals surface area (Å²) >= 11 is 0. The van der Waals surface area contributed by atoms with E-state index < -0.39 is 6.10 Å². The molecule has 0 spiro atoms. The van der Waals surface area contributed by atoms with E-state index in [4.69, 9.17) is 4.74 Å². The number of aliphatic hydroxyl groups is 1. The molecule has 78 valence electrons. The first-order chi connectivity index (χ1) is 7.25. The molecule has 4 heteroatoms. The molecule has 0 radical (unpaired) electrons. The van der Waals surface area contributed by atoms with Gasteiger partial charge in [0.1, 0.15) is 6.10 Å². The van der Waals surface area contributed by atoms with Crippen molar-refractivity contribution in [2.75, 3.05) is 19.8 Å². The number of aliphatic hydroxyl groups excluding tert-OH is 1. The van der Waals surface area contributed by atoms with E-state index in [1.54, 1.807) is 4.90 Å². The van der Waals surface area contributed by atoms with Gasteiger partial charge >= 0.3 is 0 Å². The Bertz CT molecular complexity index is 420. The van der Waals surface area contributed by atoms with Gasteiger partial charge in [0, 0.05) is 11.8 Å². The van der Waals surface area contributed by atoms with E-state index in [2.05, 4.69) is 0 Å². The van der Waals surface area contributed by atoms with Gasteiger partial charge in [-0.25, -0.2) is 0 Å². The second kappa shape index (κ2) is 3.05. The van der Waals surface area contributed by atoms with Gasteiger partial charge in [0.2, 0.25) is 5.78 Å². The van der Waals surface area contributed by atoms with Crippen molar-refractivity contribution in [2.24, 2.45) is 0 Å². The molecule has 0 saturated carbocycles. The van der Waals surface area contributed by atoms with Crippen molar-refractivity contribution in [3.63, 3.8) is 0 Å². The molecule has 1 atom stereocenters. The van der Waals surface area contributed by atoms with Gasteiger partial charge in [-0.05, 0) is 11.6 Å². The van der Waals surface area contributed by atoms with Crippen molar-refractivity contribution < 1.29 is 14.6 Å². The SMILES string of the molecule is O=C1C2=CC3=CCOCC3=CN2CC1O. The van der Waals surface area contributed by atoms with Crippen LogP contribution < -0.4 is 0 Å². The fourth-order valence-electron chi connectivity index (χ4n) is 2.09. The van der Waals surface area contributed by atoms with E-state index in [1.165, 1.54) is 0 Å². The molecule has 0 aromatic rings. The van der Waals surface area contributed by atoms with Gasteiger partial charge in [0.25, 0.3) is 0 Å². The number of allylic oxidation sites excluding steroid dienone is 1. The Hall–Kier alpha value is -1.39. The number of carbonyl (C=O) groups is 1. The van der Waals surface area contributed by atoms with Crippen molar-refractivity contribution in [3.8, 4) is 0 Å². The van der Waals surface area contributed by atoms with Crippen molar-refractivity contribution in [2.45, 2.75) is 6.10 Å². The highest BCUT2D eigenvalue weighted by Gasteiger charge is 2.35. The van der Waals surface area contributed by atoms with Crippen molar-refractivity contribution in [1.82, 2.24) is 4.90 Å². The Morgan fingerprint density at radius 3 is 3.27 bits per heavy atom. The lowest BCUT2D eigenvalue weighted by Gasteiger charge is -2.25.